The maximum atomic E-state index is 12.6. The van der Waals surface area contributed by atoms with Crippen LogP contribution in [0.25, 0.3) is 0 Å². The van der Waals surface area contributed by atoms with Crippen molar-refractivity contribution in [2.45, 2.75) is 36.8 Å². The highest BCUT2D eigenvalue weighted by molar-refractivity contribution is 7.89. The number of aromatic nitrogens is 2. The molecule has 1 heterocycles. The SMILES string of the molecule is CN(C1CCCCC1CN)S(=O)(=O)c1ccnn1C. The molecule has 0 aliphatic heterocycles. The Bertz CT molecular complexity index is 526. The van der Waals surface area contributed by atoms with Crippen LogP contribution in [0.1, 0.15) is 25.7 Å². The molecule has 108 valence electrons. The minimum absolute atomic E-state index is 0.00125. The maximum Gasteiger partial charge on any atom is 0.260 e. The summed E-state index contributed by atoms with van der Waals surface area (Å²) in [6.07, 6.45) is 5.59. The number of nitrogens with zero attached hydrogens (tertiary/aromatic N) is 3. The van der Waals surface area contributed by atoms with Crippen molar-refractivity contribution in [3.05, 3.63) is 12.3 Å². The molecule has 1 fully saturated rings. The molecule has 0 bridgehead atoms. The van der Waals surface area contributed by atoms with Crippen molar-refractivity contribution < 1.29 is 8.42 Å². The Hall–Kier alpha value is -0.920. The molecule has 2 rings (SSSR count). The third-order valence-electron chi connectivity index (χ3n) is 4.06. The minimum atomic E-state index is -3.49. The summed E-state index contributed by atoms with van der Waals surface area (Å²) in [5.74, 6) is 0.252. The van der Waals surface area contributed by atoms with Gasteiger partial charge in [-0.2, -0.15) is 9.40 Å². The van der Waals surface area contributed by atoms with Gasteiger partial charge in [-0.3, -0.25) is 4.68 Å². The quantitative estimate of drug-likeness (QED) is 0.877. The lowest BCUT2D eigenvalue weighted by Gasteiger charge is -2.36. The molecular weight excluding hydrogens is 264 g/mol. The summed E-state index contributed by atoms with van der Waals surface area (Å²) in [6.45, 7) is 0.538. The van der Waals surface area contributed by atoms with Crippen molar-refractivity contribution in [2.24, 2.45) is 18.7 Å². The number of aryl methyl sites for hydroxylation is 1. The predicted molar refractivity (Wildman–Crippen MR) is 73.0 cm³/mol. The van der Waals surface area contributed by atoms with Crippen LogP contribution in [0.5, 0.6) is 0 Å². The van der Waals surface area contributed by atoms with E-state index in [1.165, 1.54) is 21.3 Å². The van der Waals surface area contributed by atoms with Crippen molar-refractivity contribution in [1.29, 1.82) is 0 Å². The molecule has 2 unspecified atom stereocenters. The second kappa shape index (κ2) is 5.60. The van der Waals surface area contributed by atoms with Crippen LogP contribution in [0, 0.1) is 5.92 Å². The number of hydrogen-bond acceptors (Lipinski definition) is 4. The molecule has 1 aromatic heterocycles. The van der Waals surface area contributed by atoms with Gasteiger partial charge in [0.15, 0.2) is 5.03 Å². The number of sulfonamides is 1. The van der Waals surface area contributed by atoms with E-state index in [2.05, 4.69) is 5.10 Å². The van der Waals surface area contributed by atoms with Gasteiger partial charge in [0, 0.05) is 20.1 Å². The highest BCUT2D eigenvalue weighted by Crippen LogP contribution is 2.30. The largest absolute Gasteiger partial charge is 0.330 e. The summed E-state index contributed by atoms with van der Waals surface area (Å²) in [5.41, 5.74) is 5.78. The molecule has 1 saturated carbocycles. The van der Waals surface area contributed by atoms with Gasteiger partial charge in [-0.05, 0) is 31.4 Å². The topological polar surface area (TPSA) is 81.2 Å². The summed E-state index contributed by atoms with van der Waals surface area (Å²) in [5, 5.41) is 4.17. The first-order chi connectivity index (χ1) is 8.98. The molecule has 6 nitrogen and oxygen atoms in total. The zero-order valence-electron chi connectivity index (χ0n) is 11.5. The van der Waals surface area contributed by atoms with Crippen molar-refractivity contribution >= 4 is 10.0 Å². The van der Waals surface area contributed by atoms with Gasteiger partial charge in [0.1, 0.15) is 0 Å². The molecule has 2 N–H and O–H groups in total. The molecule has 0 spiro atoms. The molecule has 0 saturated heterocycles. The molecule has 1 aliphatic rings. The van der Waals surface area contributed by atoms with Crippen LogP contribution in [-0.4, -0.2) is 42.1 Å². The van der Waals surface area contributed by atoms with Crippen LogP contribution in [0.15, 0.2) is 17.3 Å². The van der Waals surface area contributed by atoms with E-state index in [4.69, 9.17) is 5.73 Å². The molecule has 7 heteroatoms. The van der Waals surface area contributed by atoms with Crippen molar-refractivity contribution in [2.75, 3.05) is 13.6 Å². The fraction of sp³-hybridized carbons (Fsp3) is 0.750. The zero-order valence-corrected chi connectivity index (χ0v) is 12.3. The first-order valence-corrected chi connectivity index (χ1v) is 8.08. The second-order valence-corrected chi connectivity index (χ2v) is 7.11. The maximum absolute atomic E-state index is 12.6. The Morgan fingerprint density at radius 1 is 1.47 bits per heavy atom. The van der Waals surface area contributed by atoms with Crippen LogP contribution in [0.3, 0.4) is 0 Å². The molecule has 2 atom stereocenters. The Balaban J connectivity index is 2.27. The van der Waals surface area contributed by atoms with Crippen molar-refractivity contribution in [3.63, 3.8) is 0 Å². The summed E-state index contributed by atoms with van der Waals surface area (Å²) < 4.78 is 28.1. The van der Waals surface area contributed by atoms with Gasteiger partial charge in [0.2, 0.25) is 0 Å². The fourth-order valence-electron chi connectivity index (χ4n) is 2.88. The van der Waals surface area contributed by atoms with E-state index in [1.54, 1.807) is 14.1 Å². The Morgan fingerprint density at radius 2 is 2.16 bits per heavy atom. The van der Waals surface area contributed by atoms with Crippen LogP contribution in [0.4, 0.5) is 0 Å². The first kappa shape index (κ1) is 14.5. The van der Waals surface area contributed by atoms with Gasteiger partial charge < -0.3 is 5.73 Å². The standard InChI is InChI=1S/C12H22N4O2S/c1-15-12(7-8-14-15)19(17,18)16(2)11-6-4-3-5-10(11)9-13/h7-8,10-11H,3-6,9,13H2,1-2H3. The van der Waals surface area contributed by atoms with Crippen molar-refractivity contribution in [3.8, 4) is 0 Å². The highest BCUT2D eigenvalue weighted by atomic mass is 32.2. The molecule has 1 aliphatic carbocycles. The van der Waals surface area contributed by atoms with Crippen molar-refractivity contribution in [1.82, 2.24) is 14.1 Å². The number of nitrogens with two attached hydrogens (primary N) is 1. The van der Waals surface area contributed by atoms with Gasteiger partial charge in [0.05, 0.1) is 6.20 Å². The first-order valence-electron chi connectivity index (χ1n) is 6.64. The number of hydrogen-bond donors (Lipinski definition) is 1. The van der Waals surface area contributed by atoms with Gasteiger partial charge in [-0.1, -0.05) is 12.8 Å². The molecule has 1 aromatic rings. The Labute approximate surface area is 114 Å². The third kappa shape index (κ3) is 2.68. The van der Waals surface area contributed by atoms with Crippen LogP contribution < -0.4 is 5.73 Å². The Kier molecular flexibility index (Phi) is 4.27. The molecule has 0 radical (unpaired) electrons. The van der Waals surface area contributed by atoms with E-state index in [-0.39, 0.29) is 17.0 Å². The number of rotatable bonds is 4. The lowest BCUT2D eigenvalue weighted by atomic mass is 9.85. The van der Waals surface area contributed by atoms with E-state index < -0.39 is 10.0 Å². The second-order valence-electron chi connectivity index (χ2n) is 5.16. The van der Waals surface area contributed by atoms with E-state index in [9.17, 15) is 8.42 Å². The van der Waals surface area contributed by atoms with Gasteiger partial charge in [0.25, 0.3) is 10.0 Å². The summed E-state index contributed by atoms with van der Waals surface area (Å²) in [6, 6.07) is 1.53. The Morgan fingerprint density at radius 3 is 2.74 bits per heavy atom. The molecular formula is C12H22N4O2S. The summed E-state index contributed by atoms with van der Waals surface area (Å²) >= 11 is 0. The lowest BCUT2D eigenvalue weighted by Crippen LogP contribution is -2.46. The van der Waals surface area contributed by atoms with E-state index in [0.717, 1.165) is 25.7 Å². The average molecular weight is 286 g/mol. The fourth-order valence-corrected chi connectivity index (χ4v) is 4.43. The van der Waals surface area contributed by atoms with Crippen LogP contribution in [0.2, 0.25) is 0 Å². The van der Waals surface area contributed by atoms with E-state index in [0.29, 0.717) is 6.54 Å². The average Bonchev–Trinajstić information content (AvgIpc) is 2.84. The predicted octanol–water partition coefficient (Wildman–Crippen LogP) is 0.558. The van der Waals surface area contributed by atoms with Gasteiger partial charge in [-0.25, -0.2) is 8.42 Å². The van der Waals surface area contributed by atoms with Crippen LogP contribution in [-0.2, 0) is 17.1 Å². The molecule has 0 amide bonds. The highest BCUT2D eigenvalue weighted by Gasteiger charge is 2.35. The monoisotopic (exact) mass is 286 g/mol. The van der Waals surface area contributed by atoms with E-state index >= 15 is 0 Å². The molecule has 19 heavy (non-hydrogen) atoms. The minimum Gasteiger partial charge on any atom is -0.330 e. The van der Waals surface area contributed by atoms with Crippen LogP contribution >= 0.6 is 0 Å². The van der Waals surface area contributed by atoms with E-state index in [1.807, 2.05) is 0 Å². The molecule has 0 aromatic carbocycles. The summed E-state index contributed by atoms with van der Waals surface area (Å²) in [4.78, 5) is 0. The van der Waals surface area contributed by atoms with Gasteiger partial charge >= 0.3 is 0 Å². The smallest absolute Gasteiger partial charge is 0.260 e. The van der Waals surface area contributed by atoms with Gasteiger partial charge in [-0.15, -0.1) is 0 Å². The summed E-state index contributed by atoms with van der Waals surface area (Å²) in [7, 11) is -0.196. The lowest BCUT2D eigenvalue weighted by molar-refractivity contribution is 0.203. The zero-order chi connectivity index (χ0) is 14.0. The normalized spacial score (nSPS) is 24.8. The third-order valence-corrected chi connectivity index (χ3v) is 6.02.